The summed E-state index contributed by atoms with van der Waals surface area (Å²) in [4.78, 5) is 15.3. The van der Waals surface area contributed by atoms with E-state index in [9.17, 15) is 4.39 Å². The molecule has 2 fully saturated rings. The molecule has 35 heavy (non-hydrogen) atoms. The third-order valence-corrected chi connectivity index (χ3v) is 6.58. The molecule has 2 saturated heterocycles. The van der Waals surface area contributed by atoms with E-state index in [4.69, 9.17) is 14.7 Å². The molecule has 0 N–H and O–H groups in total. The Hall–Kier alpha value is -3.41. The van der Waals surface area contributed by atoms with Gasteiger partial charge in [0.05, 0.1) is 30.8 Å². The normalized spacial score (nSPS) is 23.9. The van der Waals surface area contributed by atoms with E-state index in [-0.39, 0.29) is 29.4 Å². The molecular weight excluding hydrogens is 445 g/mol. The number of rotatable bonds is 6. The first-order valence-corrected chi connectivity index (χ1v) is 11.8. The van der Waals surface area contributed by atoms with Crippen molar-refractivity contribution in [1.29, 1.82) is 5.26 Å². The van der Waals surface area contributed by atoms with Crippen molar-refractivity contribution in [1.82, 2.24) is 4.90 Å². The van der Waals surface area contributed by atoms with E-state index in [0.29, 0.717) is 24.9 Å². The van der Waals surface area contributed by atoms with Crippen LogP contribution in [0.15, 0.2) is 63.5 Å². The Balaban J connectivity index is 1.45. The lowest BCUT2D eigenvalue weighted by atomic mass is 9.91. The number of fused-ring (bicyclic) bond motifs is 2. The van der Waals surface area contributed by atoms with E-state index in [1.165, 1.54) is 17.7 Å². The monoisotopic (exact) mass is 475 g/mol. The third kappa shape index (κ3) is 5.81. The Labute approximate surface area is 205 Å². The Morgan fingerprint density at radius 1 is 1.23 bits per heavy atom. The van der Waals surface area contributed by atoms with Crippen molar-refractivity contribution in [3.05, 3.63) is 65.5 Å². The second kappa shape index (κ2) is 11.3. The van der Waals surface area contributed by atoms with Crippen molar-refractivity contribution in [3.8, 4) is 6.07 Å². The summed E-state index contributed by atoms with van der Waals surface area (Å²) >= 11 is 0. The molecule has 8 heteroatoms. The summed E-state index contributed by atoms with van der Waals surface area (Å²) < 4.78 is 26.6. The minimum atomic E-state index is -0.591. The van der Waals surface area contributed by atoms with Crippen LogP contribution in [0.1, 0.15) is 30.9 Å². The van der Waals surface area contributed by atoms with E-state index in [1.54, 1.807) is 7.05 Å². The average Bonchev–Trinajstić information content (AvgIpc) is 2.87. The van der Waals surface area contributed by atoms with Gasteiger partial charge in [-0.15, -0.1) is 0 Å². The first-order valence-electron chi connectivity index (χ1n) is 11.8. The molecule has 3 atom stereocenters. The van der Waals surface area contributed by atoms with Gasteiger partial charge >= 0.3 is 0 Å². The number of ether oxygens (including phenoxy) is 2. The number of benzene rings is 2. The summed E-state index contributed by atoms with van der Waals surface area (Å²) in [5.41, 5.74) is 1.62. The lowest BCUT2D eigenvalue weighted by Gasteiger charge is -2.48. The Morgan fingerprint density at radius 2 is 1.94 bits per heavy atom. The van der Waals surface area contributed by atoms with Gasteiger partial charge in [-0.2, -0.15) is 5.26 Å². The van der Waals surface area contributed by atoms with Gasteiger partial charge in [0.2, 0.25) is 0 Å². The molecule has 2 bridgehead atoms. The van der Waals surface area contributed by atoms with Crippen LogP contribution < -0.4 is 0 Å². The maximum Gasteiger partial charge on any atom is 0.193 e. The molecule has 2 heterocycles. The maximum absolute atomic E-state index is 14.4. The van der Waals surface area contributed by atoms with Crippen LogP contribution in [0.2, 0.25) is 0 Å². The average molecular weight is 476 g/mol. The van der Waals surface area contributed by atoms with Crippen molar-refractivity contribution in [2.45, 2.75) is 44.5 Å². The third-order valence-electron chi connectivity index (χ3n) is 6.58. The summed E-state index contributed by atoms with van der Waals surface area (Å²) in [7, 11) is 1.67. The quantitative estimate of drug-likeness (QED) is 0.454. The van der Waals surface area contributed by atoms with Crippen LogP contribution in [-0.2, 0) is 16.0 Å². The first-order chi connectivity index (χ1) is 17.0. The molecule has 2 aromatic rings. The fourth-order valence-corrected chi connectivity index (χ4v) is 4.78. The highest BCUT2D eigenvalue weighted by Crippen LogP contribution is 2.32. The lowest BCUT2D eigenvalue weighted by Crippen LogP contribution is -2.58. The van der Waals surface area contributed by atoms with Crippen molar-refractivity contribution in [2.75, 3.05) is 20.3 Å². The minimum absolute atomic E-state index is 0.0141. The summed E-state index contributed by atoms with van der Waals surface area (Å²) in [5, 5.41) is 8.96. The highest BCUT2D eigenvalue weighted by atomic mass is 19.1. The van der Waals surface area contributed by atoms with E-state index in [0.717, 1.165) is 25.5 Å². The van der Waals surface area contributed by atoms with Crippen LogP contribution in [0.4, 0.5) is 10.1 Å². The molecule has 182 valence electrons. The Bertz CT molecular complexity index is 1130. The number of amidine groups is 1. The Morgan fingerprint density at radius 3 is 2.54 bits per heavy atom. The molecule has 0 radical (unpaired) electrons. The number of halogens is 1. The maximum atomic E-state index is 14.4. The van der Waals surface area contributed by atoms with Crippen molar-refractivity contribution in [3.63, 3.8) is 0 Å². The molecule has 7 nitrogen and oxygen atoms in total. The molecule has 0 spiro atoms. The summed E-state index contributed by atoms with van der Waals surface area (Å²) in [5.74, 6) is -0.206. The summed E-state index contributed by atoms with van der Waals surface area (Å²) in [6.45, 7) is 7.73. The Kier molecular flexibility index (Phi) is 8.01. The van der Waals surface area contributed by atoms with Gasteiger partial charge in [-0.3, -0.25) is 9.89 Å². The van der Waals surface area contributed by atoms with Gasteiger partial charge in [-0.1, -0.05) is 30.3 Å². The second-order valence-electron chi connectivity index (χ2n) is 8.90. The number of nitrogens with zero attached hydrogens (tertiary/aromatic N) is 5. The predicted octanol–water partition coefficient (Wildman–Crippen LogP) is 4.54. The number of hydrogen-bond donors (Lipinski definition) is 0. The number of aliphatic imine (C=N–C) groups is 3. The van der Waals surface area contributed by atoms with Crippen LogP contribution in [0.3, 0.4) is 0 Å². The fraction of sp³-hybridized carbons (Fsp3) is 0.407. The fourth-order valence-electron chi connectivity index (χ4n) is 4.78. The van der Waals surface area contributed by atoms with Gasteiger partial charge in [0.25, 0.3) is 0 Å². The van der Waals surface area contributed by atoms with Crippen LogP contribution in [0.5, 0.6) is 0 Å². The number of hydrogen-bond acceptors (Lipinski definition) is 6. The smallest absolute Gasteiger partial charge is 0.193 e. The highest BCUT2D eigenvalue weighted by Gasteiger charge is 2.40. The van der Waals surface area contributed by atoms with Crippen molar-refractivity contribution in [2.24, 2.45) is 20.9 Å². The first kappa shape index (κ1) is 24.7. The van der Waals surface area contributed by atoms with Gasteiger partial charge in [0.15, 0.2) is 5.90 Å². The van der Waals surface area contributed by atoms with Gasteiger partial charge in [-0.05, 0) is 37.4 Å². The van der Waals surface area contributed by atoms with Gasteiger partial charge in [-0.25, -0.2) is 14.4 Å². The number of nitriles is 1. The number of morpholine rings is 1. The zero-order valence-corrected chi connectivity index (χ0v) is 20.1. The predicted molar refractivity (Wildman–Crippen MR) is 135 cm³/mol. The van der Waals surface area contributed by atoms with Crippen LogP contribution in [0.25, 0.3) is 0 Å². The molecule has 2 aromatic carbocycles. The van der Waals surface area contributed by atoms with Crippen LogP contribution in [-0.4, -0.2) is 61.8 Å². The van der Waals surface area contributed by atoms with Gasteiger partial charge in [0.1, 0.15) is 23.4 Å². The van der Waals surface area contributed by atoms with Crippen molar-refractivity contribution < 1.29 is 13.9 Å². The highest BCUT2D eigenvalue weighted by molar-refractivity contribution is 6.05. The van der Waals surface area contributed by atoms with E-state index in [1.807, 2.05) is 19.1 Å². The van der Waals surface area contributed by atoms with Crippen LogP contribution in [0, 0.1) is 23.1 Å². The second-order valence-corrected chi connectivity index (χ2v) is 8.90. The zero-order chi connectivity index (χ0) is 24.8. The van der Waals surface area contributed by atoms with Gasteiger partial charge in [0, 0.05) is 38.5 Å². The number of piperidine rings is 1. The summed E-state index contributed by atoms with van der Waals surface area (Å²) in [6, 6.07) is 17.1. The molecule has 0 saturated carbocycles. The molecule has 4 rings (SSSR count). The lowest BCUT2D eigenvalue weighted by molar-refractivity contribution is -0.106. The van der Waals surface area contributed by atoms with Crippen molar-refractivity contribution >= 4 is 24.1 Å². The minimum Gasteiger partial charge on any atom is -0.477 e. The molecule has 2 aliphatic heterocycles. The van der Waals surface area contributed by atoms with E-state index >= 15 is 0 Å². The van der Waals surface area contributed by atoms with Crippen LogP contribution >= 0.6 is 0 Å². The summed E-state index contributed by atoms with van der Waals surface area (Å²) in [6.07, 6.45) is 1.64. The molecule has 0 aromatic heterocycles. The largest absolute Gasteiger partial charge is 0.477 e. The SMILES string of the molecule is C=NC(=Nc1ccc(C#N)cc1F)C(C)C(=NC)OC1CC2COCC(C1)N2Cc1ccccc1. The standard InChI is InChI=1S/C27H30FN5O2/c1-18(26(30-2)32-25-10-9-20(14-29)11-24(25)28)27(31-3)35-23-12-21-16-34-17-22(13-23)33(21)15-19-7-5-4-6-8-19/h4-11,18,21-23H,2,12-13,15-17H2,1,3H3. The molecule has 3 unspecified atom stereocenters. The molecule has 0 amide bonds. The van der Waals surface area contributed by atoms with E-state index < -0.39 is 11.7 Å². The van der Waals surface area contributed by atoms with Gasteiger partial charge < -0.3 is 9.47 Å². The molecular formula is C27H30FN5O2. The zero-order valence-electron chi connectivity index (χ0n) is 20.1. The molecule has 0 aliphatic carbocycles. The van der Waals surface area contributed by atoms with E-state index in [2.05, 4.69) is 50.9 Å². The topological polar surface area (TPSA) is 82.6 Å². The molecule has 2 aliphatic rings.